The number of hydrogen-bond acceptors (Lipinski definition) is 3. The summed E-state index contributed by atoms with van der Waals surface area (Å²) < 4.78 is 4.96. The first kappa shape index (κ1) is 15.8. The molecule has 0 radical (unpaired) electrons. The highest BCUT2D eigenvalue weighted by Gasteiger charge is 2.22. The molecule has 1 amide bonds. The highest BCUT2D eigenvalue weighted by Crippen LogP contribution is 2.17. The number of alkyl carbamates (subject to hydrolysis) is 1. The van der Waals surface area contributed by atoms with E-state index in [-0.39, 0.29) is 12.1 Å². The fourth-order valence-corrected chi connectivity index (χ4v) is 2.87. The summed E-state index contributed by atoms with van der Waals surface area (Å²) in [6.07, 6.45) is 1.85. The molecule has 1 aliphatic rings. The highest BCUT2D eigenvalue weighted by molar-refractivity contribution is 5.67. The van der Waals surface area contributed by atoms with E-state index in [4.69, 9.17) is 4.74 Å². The second kappa shape index (κ2) is 7.46. The van der Waals surface area contributed by atoms with Gasteiger partial charge in [-0.05, 0) is 51.3 Å². The summed E-state index contributed by atoms with van der Waals surface area (Å²) in [6.45, 7) is 9.48. The summed E-state index contributed by atoms with van der Waals surface area (Å²) in [5.74, 6) is 0. The Morgan fingerprint density at radius 3 is 3.00 bits per heavy atom. The average Bonchev–Trinajstić information content (AvgIpc) is 2.43. The summed E-state index contributed by atoms with van der Waals surface area (Å²) in [6, 6.07) is 6.80. The number of benzene rings is 1. The molecule has 0 saturated carbocycles. The Hall–Kier alpha value is -1.55. The fraction of sp³-hybridized carbons (Fsp3) is 0.588. The summed E-state index contributed by atoms with van der Waals surface area (Å²) in [4.78, 5) is 13.9. The van der Waals surface area contributed by atoms with Gasteiger partial charge in [0, 0.05) is 19.1 Å². The molecule has 0 aliphatic carbocycles. The van der Waals surface area contributed by atoms with Crippen LogP contribution in [0, 0.1) is 13.8 Å². The van der Waals surface area contributed by atoms with E-state index in [2.05, 4.69) is 42.3 Å². The van der Waals surface area contributed by atoms with Crippen molar-refractivity contribution in [2.75, 3.05) is 19.7 Å². The molecule has 1 saturated heterocycles. The third kappa shape index (κ3) is 4.74. The number of piperidine rings is 1. The van der Waals surface area contributed by atoms with Crippen LogP contribution in [0.4, 0.5) is 4.79 Å². The van der Waals surface area contributed by atoms with E-state index in [1.807, 2.05) is 6.92 Å². The van der Waals surface area contributed by atoms with Crippen LogP contribution in [0.3, 0.4) is 0 Å². The van der Waals surface area contributed by atoms with Crippen LogP contribution >= 0.6 is 0 Å². The summed E-state index contributed by atoms with van der Waals surface area (Å²) in [5.41, 5.74) is 4.02. The lowest BCUT2D eigenvalue weighted by Gasteiger charge is -2.33. The molecule has 0 bridgehead atoms. The van der Waals surface area contributed by atoms with E-state index in [0.717, 1.165) is 32.5 Å². The first-order valence-electron chi connectivity index (χ1n) is 7.80. The lowest BCUT2D eigenvalue weighted by atomic mass is 10.0. The van der Waals surface area contributed by atoms with Gasteiger partial charge in [-0.25, -0.2) is 4.79 Å². The van der Waals surface area contributed by atoms with E-state index < -0.39 is 0 Å². The molecule has 0 spiro atoms. The largest absolute Gasteiger partial charge is 0.450 e. The number of ether oxygens (including phenoxy) is 1. The zero-order valence-electron chi connectivity index (χ0n) is 13.3. The maximum absolute atomic E-state index is 11.5. The van der Waals surface area contributed by atoms with Crippen molar-refractivity contribution in [3.63, 3.8) is 0 Å². The molecule has 4 heteroatoms. The zero-order chi connectivity index (χ0) is 15.2. The fourth-order valence-electron chi connectivity index (χ4n) is 2.87. The van der Waals surface area contributed by atoms with Gasteiger partial charge in [0.1, 0.15) is 0 Å². The molecule has 1 heterocycles. The Balaban J connectivity index is 1.92. The van der Waals surface area contributed by atoms with Crippen LogP contribution in [0.1, 0.15) is 36.5 Å². The summed E-state index contributed by atoms with van der Waals surface area (Å²) in [5, 5.41) is 2.96. The maximum Gasteiger partial charge on any atom is 0.407 e. The van der Waals surface area contributed by atoms with Crippen LogP contribution in [0.2, 0.25) is 0 Å². The van der Waals surface area contributed by atoms with Crippen molar-refractivity contribution in [2.45, 2.75) is 46.2 Å². The number of amides is 1. The van der Waals surface area contributed by atoms with Gasteiger partial charge < -0.3 is 10.1 Å². The first-order valence-corrected chi connectivity index (χ1v) is 7.80. The number of rotatable bonds is 4. The minimum Gasteiger partial charge on any atom is -0.450 e. The third-order valence-corrected chi connectivity index (χ3v) is 4.00. The molecular weight excluding hydrogens is 264 g/mol. The van der Waals surface area contributed by atoms with Gasteiger partial charge in [0.15, 0.2) is 0 Å². The number of carbonyl (C=O) groups is 1. The highest BCUT2D eigenvalue weighted by atomic mass is 16.5. The predicted molar refractivity (Wildman–Crippen MR) is 84.4 cm³/mol. The lowest BCUT2D eigenvalue weighted by molar-refractivity contribution is 0.132. The minimum atomic E-state index is -0.295. The molecule has 4 nitrogen and oxygen atoms in total. The molecule has 1 fully saturated rings. The van der Waals surface area contributed by atoms with Gasteiger partial charge in [0.2, 0.25) is 0 Å². The smallest absolute Gasteiger partial charge is 0.407 e. The van der Waals surface area contributed by atoms with Crippen molar-refractivity contribution in [1.82, 2.24) is 10.2 Å². The second-order valence-electron chi connectivity index (χ2n) is 5.87. The third-order valence-electron chi connectivity index (χ3n) is 4.00. The van der Waals surface area contributed by atoms with E-state index in [1.54, 1.807) is 0 Å². The minimum absolute atomic E-state index is 0.197. The molecule has 1 N–H and O–H groups in total. The normalized spacial score (nSPS) is 19.3. The van der Waals surface area contributed by atoms with Gasteiger partial charge in [-0.3, -0.25) is 4.90 Å². The zero-order valence-corrected chi connectivity index (χ0v) is 13.3. The topological polar surface area (TPSA) is 41.6 Å². The van der Waals surface area contributed by atoms with E-state index in [0.29, 0.717) is 6.61 Å². The first-order chi connectivity index (χ1) is 10.1. The van der Waals surface area contributed by atoms with Crippen LogP contribution < -0.4 is 5.32 Å². The van der Waals surface area contributed by atoms with Gasteiger partial charge in [-0.2, -0.15) is 0 Å². The Kier molecular flexibility index (Phi) is 5.62. The number of likely N-dealkylation sites (tertiary alicyclic amines) is 1. The molecular formula is C17H26N2O2. The van der Waals surface area contributed by atoms with Crippen molar-refractivity contribution < 1.29 is 9.53 Å². The molecule has 1 aromatic carbocycles. The van der Waals surface area contributed by atoms with Crippen molar-refractivity contribution >= 4 is 6.09 Å². The average molecular weight is 290 g/mol. The number of nitrogens with zero attached hydrogens (tertiary/aromatic N) is 1. The van der Waals surface area contributed by atoms with Crippen molar-refractivity contribution in [3.8, 4) is 0 Å². The monoisotopic (exact) mass is 290 g/mol. The predicted octanol–water partition coefficient (Wildman–Crippen LogP) is 3.01. The lowest BCUT2D eigenvalue weighted by Crippen LogP contribution is -2.47. The summed E-state index contributed by atoms with van der Waals surface area (Å²) in [7, 11) is 0. The SMILES string of the molecule is CCOC(=O)NC1CCCN(Cc2cc(C)ccc2C)C1. The number of aryl methyl sites for hydroxylation is 2. The Morgan fingerprint density at radius 2 is 2.24 bits per heavy atom. The number of hydrogen-bond donors (Lipinski definition) is 1. The second-order valence-corrected chi connectivity index (χ2v) is 5.87. The molecule has 1 aliphatic heterocycles. The maximum atomic E-state index is 11.5. The Bertz CT molecular complexity index is 488. The molecule has 116 valence electrons. The Labute approximate surface area is 127 Å². The van der Waals surface area contributed by atoms with Crippen molar-refractivity contribution in [1.29, 1.82) is 0 Å². The van der Waals surface area contributed by atoms with E-state index in [1.165, 1.54) is 16.7 Å². The molecule has 21 heavy (non-hydrogen) atoms. The molecule has 2 rings (SSSR count). The van der Waals surface area contributed by atoms with Gasteiger partial charge >= 0.3 is 6.09 Å². The van der Waals surface area contributed by atoms with Crippen LogP contribution in [0.25, 0.3) is 0 Å². The van der Waals surface area contributed by atoms with Crippen molar-refractivity contribution in [3.05, 3.63) is 34.9 Å². The Morgan fingerprint density at radius 1 is 1.43 bits per heavy atom. The van der Waals surface area contributed by atoms with Crippen LogP contribution in [-0.4, -0.2) is 36.7 Å². The van der Waals surface area contributed by atoms with Gasteiger partial charge in [-0.1, -0.05) is 23.8 Å². The quantitative estimate of drug-likeness (QED) is 0.927. The standard InChI is InChI=1S/C17H26N2O2/c1-4-21-17(20)18-16-6-5-9-19(12-16)11-15-10-13(2)7-8-14(15)3/h7-8,10,16H,4-6,9,11-12H2,1-3H3,(H,18,20). The van der Waals surface area contributed by atoms with Crippen LogP contribution in [0.15, 0.2) is 18.2 Å². The van der Waals surface area contributed by atoms with Crippen LogP contribution in [0.5, 0.6) is 0 Å². The van der Waals surface area contributed by atoms with Crippen LogP contribution in [-0.2, 0) is 11.3 Å². The summed E-state index contributed by atoms with van der Waals surface area (Å²) >= 11 is 0. The van der Waals surface area contributed by atoms with E-state index in [9.17, 15) is 4.79 Å². The van der Waals surface area contributed by atoms with E-state index >= 15 is 0 Å². The molecule has 1 atom stereocenters. The molecule has 1 aromatic rings. The van der Waals surface area contributed by atoms with Crippen molar-refractivity contribution in [2.24, 2.45) is 0 Å². The molecule has 1 unspecified atom stereocenters. The van der Waals surface area contributed by atoms with Gasteiger partial charge in [0.25, 0.3) is 0 Å². The van der Waals surface area contributed by atoms with Gasteiger partial charge in [-0.15, -0.1) is 0 Å². The molecule has 0 aromatic heterocycles. The van der Waals surface area contributed by atoms with Gasteiger partial charge in [0.05, 0.1) is 6.61 Å². The number of nitrogens with one attached hydrogen (secondary N) is 1. The number of carbonyl (C=O) groups excluding carboxylic acids is 1.